The monoisotopic (exact) mass is 338 g/mol. The van der Waals surface area contributed by atoms with Gasteiger partial charge in [0, 0.05) is 12.4 Å². The highest BCUT2D eigenvalue weighted by atomic mass is 19.4. The van der Waals surface area contributed by atoms with Crippen molar-refractivity contribution in [1.29, 1.82) is 0 Å². The van der Waals surface area contributed by atoms with Crippen LogP contribution in [0.4, 0.5) is 18.9 Å². The molecule has 128 valence electrons. The van der Waals surface area contributed by atoms with Crippen LogP contribution in [0.25, 0.3) is 0 Å². The van der Waals surface area contributed by atoms with Crippen LogP contribution in [-0.4, -0.2) is 17.5 Å². The van der Waals surface area contributed by atoms with Crippen LogP contribution in [0.1, 0.15) is 35.7 Å². The molecule has 24 heavy (non-hydrogen) atoms. The molecule has 0 spiro atoms. The average molecular weight is 338 g/mol. The number of hydrogen-bond donors (Lipinski definition) is 1. The molecule has 0 aliphatic carbocycles. The van der Waals surface area contributed by atoms with Crippen LogP contribution in [0.15, 0.2) is 42.7 Å². The predicted octanol–water partition coefficient (Wildman–Crippen LogP) is 4.53. The summed E-state index contributed by atoms with van der Waals surface area (Å²) in [6.07, 6.45) is -0.0222. The molecule has 0 fully saturated rings. The largest absolute Gasteiger partial charge is 0.491 e. The standard InChI is InChI=1S/C17H17F3N2O2/c1-2-3-9-24-15-7-6-13(17(18,19)20)10-14(15)22-16(23)12-5-4-8-21-11-12/h4-8,10-11H,2-3,9H2,1H3,(H,22,23). The first-order chi connectivity index (χ1) is 11.4. The number of ether oxygens (including phenoxy) is 1. The van der Waals surface area contributed by atoms with Gasteiger partial charge in [-0.3, -0.25) is 9.78 Å². The molecule has 0 unspecified atom stereocenters. The van der Waals surface area contributed by atoms with Gasteiger partial charge in [-0.1, -0.05) is 13.3 Å². The summed E-state index contributed by atoms with van der Waals surface area (Å²) >= 11 is 0. The second-order valence-electron chi connectivity index (χ2n) is 5.11. The van der Waals surface area contributed by atoms with Gasteiger partial charge in [0.25, 0.3) is 5.91 Å². The first kappa shape index (κ1) is 17.8. The molecule has 0 aliphatic heterocycles. The van der Waals surface area contributed by atoms with Gasteiger partial charge in [0.15, 0.2) is 0 Å². The number of unbranched alkanes of at least 4 members (excludes halogenated alkanes) is 1. The van der Waals surface area contributed by atoms with Crippen molar-refractivity contribution in [3.8, 4) is 5.75 Å². The minimum Gasteiger partial charge on any atom is -0.491 e. The highest BCUT2D eigenvalue weighted by Crippen LogP contribution is 2.35. The lowest BCUT2D eigenvalue weighted by Crippen LogP contribution is -2.15. The summed E-state index contributed by atoms with van der Waals surface area (Å²) in [5.41, 5.74) is -0.629. The zero-order valence-electron chi connectivity index (χ0n) is 13.1. The summed E-state index contributed by atoms with van der Waals surface area (Å²) < 4.78 is 44.2. The molecule has 0 saturated heterocycles. The van der Waals surface area contributed by atoms with E-state index in [-0.39, 0.29) is 17.0 Å². The molecule has 1 aromatic heterocycles. The van der Waals surface area contributed by atoms with Gasteiger partial charge in [0.2, 0.25) is 0 Å². The molecule has 0 atom stereocenters. The van der Waals surface area contributed by atoms with E-state index in [9.17, 15) is 18.0 Å². The van der Waals surface area contributed by atoms with E-state index in [1.165, 1.54) is 24.5 Å². The molecular weight excluding hydrogens is 321 g/mol. The number of amides is 1. The Labute approximate surface area is 137 Å². The zero-order valence-corrected chi connectivity index (χ0v) is 13.1. The van der Waals surface area contributed by atoms with Crippen molar-refractivity contribution < 1.29 is 22.7 Å². The van der Waals surface area contributed by atoms with Gasteiger partial charge >= 0.3 is 6.18 Å². The Hall–Kier alpha value is -2.57. The first-order valence-corrected chi connectivity index (χ1v) is 7.47. The lowest BCUT2D eigenvalue weighted by Gasteiger charge is -2.15. The fourth-order valence-electron chi connectivity index (χ4n) is 1.95. The number of benzene rings is 1. The second-order valence-corrected chi connectivity index (χ2v) is 5.11. The van der Waals surface area contributed by atoms with Gasteiger partial charge in [-0.2, -0.15) is 13.2 Å². The summed E-state index contributed by atoms with van der Waals surface area (Å²) in [7, 11) is 0. The zero-order chi connectivity index (χ0) is 17.6. The fourth-order valence-corrected chi connectivity index (χ4v) is 1.95. The first-order valence-electron chi connectivity index (χ1n) is 7.47. The highest BCUT2D eigenvalue weighted by Gasteiger charge is 2.31. The maximum Gasteiger partial charge on any atom is 0.416 e. The van der Waals surface area contributed by atoms with Gasteiger partial charge in [-0.25, -0.2) is 0 Å². The van der Waals surface area contributed by atoms with Gasteiger partial charge in [-0.15, -0.1) is 0 Å². The Morgan fingerprint density at radius 3 is 2.71 bits per heavy atom. The van der Waals surface area contributed by atoms with Gasteiger partial charge in [0.1, 0.15) is 5.75 Å². The third-order valence-corrected chi connectivity index (χ3v) is 3.23. The van der Waals surface area contributed by atoms with Crippen LogP contribution in [-0.2, 0) is 6.18 Å². The van der Waals surface area contributed by atoms with Gasteiger partial charge in [0.05, 0.1) is 23.4 Å². The van der Waals surface area contributed by atoms with Crippen molar-refractivity contribution in [2.24, 2.45) is 0 Å². The number of halogens is 3. The molecule has 1 heterocycles. The van der Waals surface area contributed by atoms with E-state index in [1.54, 1.807) is 6.07 Å². The van der Waals surface area contributed by atoms with E-state index < -0.39 is 17.6 Å². The normalized spacial score (nSPS) is 11.2. The Kier molecular flexibility index (Phi) is 5.78. The van der Waals surface area contributed by atoms with Crippen LogP contribution in [0, 0.1) is 0 Å². The van der Waals surface area contributed by atoms with Crippen LogP contribution in [0.5, 0.6) is 5.75 Å². The Morgan fingerprint density at radius 2 is 2.08 bits per heavy atom. The lowest BCUT2D eigenvalue weighted by atomic mass is 10.1. The summed E-state index contributed by atoms with van der Waals surface area (Å²) in [6.45, 7) is 2.33. The Morgan fingerprint density at radius 1 is 1.29 bits per heavy atom. The predicted molar refractivity (Wildman–Crippen MR) is 84.0 cm³/mol. The Balaban J connectivity index is 2.27. The van der Waals surface area contributed by atoms with Gasteiger partial charge in [-0.05, 0) is 36.8 Å². The molecule has 0 saturated carbocycles. The van der Waals surface area contributed by atoms with Crippen molar-refractivity contribution in [2.45, 2.75) is 25.9 Å². The maximum atomic E-state index is 12.9. The van der Waals surface area contributed by atoms with E-state index in [2.05, 4.69) is 10.3 Å². The summed E-state index contributed by atoms with van der Waals surface area (Å²) in [6, 6.07) is 6.11. The molecule has 1 amide bonds. The summed E-state index contributed by atoms with van der Waals surface area (Å²) in [5.74, 6) is -0.351. The number of nitrogens with one attached hydrogen (secondary N) is 1. The number of anilines is 1. The van der Waals surface area contributed by atoms with E-state index in [0.29, 0.717) is 6.61 Å². The Bertz CT molecular complexity index is 688. The molecule has 1 aromatic carbocycles. The minimum absolute atomic E-state index is 0.0187. The molecule has 2 rings (SSSR count). The molecule has 2 aromatic rings. The maximum absolute atomic E-state index is 12.9. The third-order valence-electron chi connectivity index (χ3n) is 3.23. The molecule has 0 bridgehead atoms. The van der Waals surface area contributed by atoms with Gasteiger partial charge < -0.3 is 10.1 Å². The minimum atomic E-state index is -4.50. The number of carbonyl (C=O) groups is 1. The quantitative estimate of drug-likeness (QED) is 0.787. The number of rotatable bonds is 6. The molecule has 4 nitrogen and oxygen atoms in total. The lowest BCUT2D eigenvalue weighted by molar-refractivity contribution is -0.137. The van der Waals surface area contributed by atoms with Crippen LogP contribution >= 0.6 is 0 Å². The number of carbonyl (C=O) groups excluding carboxylic acids is 1. The summed E-state index contributed by atoms with van der Waals surface area (Å²) in [5, 5.41) is 2.46. The van der Waals surface area contributed by atoms with Crippen molar-refractivity contribution in [3.05, 3.63) is 53.9 Å². The van der Waals surface area contributed by atoms with Crippen LogP contribution in [0.2, 0.25) is 0 Å². The molecule has 0 radical (unpaired) electrons. The number of nitrogens with zero attached hydrogens (tertiary/aromatic N) is 1. The third kappa shape index (κ3) is 4.71. The van der Waals surface area contributed by atoms with Crippen molar-refractivity contribution in [2.75, 3.05) is 11.9 Å². The summed E-state index contributed by atoms with van der Waals surface area (Å²) in [4.78, 5) is 16.0. The molecular formula is C17H17F3N2O2. The topological polar surface area (TPSA) is 51.2 Å². The molecule has 1 N–H and O–H groups in total. The number of pyridine rings is 1. The number of hydrogen-bond acceptors (Lipinski definition) is 3. The average Bonchev–Trinajstić information content (AvgIpc) is 2.56. The van der Waals surface area contributed by atoms with Crippen molar-refractivity contribution >= 4 is 11.6 Å². The van der Waals surface area contributed by atoms with E-state index in [1.807, 2.05) is 6.92 Å². The van der Waals surface area contributed by atoms with E-state index in [4.69, 9.17) is 4.74 Å². The van der Waals surface area contributed by atoms with Crippen molar-refractivity contribution in [1.82, 2.24) is 4.98 Å². The van der Waals surface area contributed by atoms with Crippen molar-refractivity contribution in [3.63, 3.8) is 0 Å². The molecule has 0 aliphatic rings. The number of alkyl halides is 3. The second kappa shape index (κ2) is 7.81. The smallest absolute Gasteiger partial charge is 0.416 e. The van der Waals surface area contributed by atoms with E-state index >= 15 is 0 Å². The molecule has 7 heteroatoms. The fraction of sp³-hybridized carbons (Fsp3) is 0.294. The van der Waals surface area contributed by atoms with Crippen LogP contribution in [0.3, 0.4) is 0 Å². The number of aromatic nitrogens is 1. The highest BCUT2D eigenvalue weighted by molar-refractivity contribution is 6.04. The SMILES string of the molecule is CCCCOc1ccc(C(F)(F)F)cc1NC(=O)c1cccnc1. The van der Waals surface area contributed by atoms with Crippen LogP contribution < -0.4 is 10.1 Å². The van der Waals surface area contributed by atoms with E-state index in [0.717, 1.165) is 25.0 Å².